The highest BCUT2D eigenvalue weighted by molar-refractivity contribution is 4.98. The molecule has 1 N–H and O–H groups in total. The van der Waals surface area contributed by atoms with E-state index >= 15 is 0 Å². The van der Waals surface area contributed by atoms with Crippen molar-refractivity contribution >= 4 is 0 Å². The van der Waals surface area contributed by atoms with Crippen LogP contribution in [0.5, 0.6) is 0 Å². The molecule has 0 amide bonds. The first-order chi connectivity index (χ1) is 8.06. The molecule has 1 saturated heterocycles. The number of hydrogen-bond acceptors (Lipinski definition) is 2. The molecule has 0 aromatic carbocycles. The van der Waals surface area contributed by atoms with Crippen molar-refractivity contribution in [1.29, 1.82) is 0 Å². The van der Waals surface area contributed by atoms with Crippen LogP contribution in [0.2, 0.25) is 0 Å². The zero-order valence-corrected chi connectivity index (χ0v) is 12.1. The van der Waals surface area contributed by atoms with E-state index in [0.717, 1.165) is 24.4 Å². The fourth-order valence-electron chi connectivity index (χ4n) is 3.04. The Balaban J connectivity index is 1.94. The molecule has 17 heavy (non-hydrogen) atoms. The molecule has 1 atom stereocenters. The molecule has 1 heterocycles. The van der Waals surface area contributed by atoms with Crippen LogP contribution in [0.25, 0.3) is 0 Å². The second kappa shape index (κ2) is 5.27. The molecule has 2 heteroatoms. The quantitative estimate of drug-likeness (QED) is 0.792. The van der Waals surface area contributed by atoms with E-state index < -0.39 is 0 Å². The van der Waals surface area contributed by atoms with Crippen LogP contribution in [0.1, 0.15) is 53.4 Å². The van der Waals surface area contributed by atoms with Gasteiger partial charge in [0.15, 0.2) is 0 Å². The summed E-state index contributed by atoms with van der Waals surface area (Å²) in [6, 6.07) is 0.775. The predicted molar refractivity (Wildman–Crippen MR) is 74.2 cm³/mol. The lowest BCUT2D eigenvalue weighted by Gasteiger charge is -2.47. The number of rotatable bonds is 5. The van der Waals surface area contributed by atoms with Gasteiger partial charge < -0.3 is 5.32 Å². The number of nitrogens with one attached hydrogen (secondary N) is 1. The highest BCUT2D eigenvalue weighted by Gasteiger charge is 2.40. The van der Waals surface area contributed by atoms with Crippen LogP contribution >= 0.6 is 0 Å². The van der Waals surface area contributed by atoms with Crippen molar-refractivity contribution in [1.82, 2.24) is 10.2 Å². The molecular formula is C15H30N2. The highest BCUT2D eigenvalue weighted by atomic mass is 15.3. The Morgan fingerprint density at radius 1 is 1.24 bits per heavy atom. The predicted octanol–water partition coefficient (Wildman–Crippen LogP) is 2.89. The van der Waals surface area contributed by atoms with E-state index in [4.69, 9.17) is 0 Å². The van der Waals surface area contributed by atoms with Crippen molar-refractivity contribution in [2.24, 2.45) is 11.8 Å². The summed E-state index contributed by atoms with van der Waals surface area (Å²) >= 11 is 0. The molecule has 0 aromatic heterocycles. The van der Waals surface area contributed by atoms with Gasteiger partial charge in [-0.15, -0.1) is 0 Å². The molecular weight excluding hydrogens is 208 g/mol. The highest BCUT2D eigenvalue weighted by Crippen LogP contribution is 2.36. The second-order valence-corrected chi connectivity index (χ2v) is 6.72. The number of piperazine rings is 1. The maximum Gasteiger partial charge on any atom is 0.0278 e. The standard InChI is InChI=1S/C15H30N2/c1-5-12(6-2)9-17-10-14(13-7-8-13)16-11-15(17,3)4/h12-14,16H,5-11H2,1-4H3. The fraction of sp³-hybridized carbons (Fsp3) is 1.00. The van der Waals surface area contributed by atoms with E-state index in [1.54, 1.807) is 0 Å². The first kappa shape index (κ1) is 13.4. The summed E-state index contributed by atoms with van der Waals surface area (Å²) in [5.41, 5.74) is 0.341. The summed E-state index contributed by atoms with van der Waals surface area (Å²) < 4.78 is 0. The molecule has 0 aromatic rings. The Kier molecular flexibility index (Phi) is 4.14. The van der Waals surface area contributed by atoms with Crippen LogP contribution in [0.3, 0.4) is 0 Å². The average molecular weight is 238 g/mol. The first-order valence-electron chi connectivity index (χ1n) is 7.55. The van der Waals surface area contributed by atoms with E-state index in [2.05, 4.69) is 37.9 Å². The number of nitrogens with zero attached hydrogens (tertiary/aromatic N) is 1. The van der Waals surface area contributed by atoms with Crippen molar-refractivity contribution in [2.45, 2.75) is 65.0 Å². The fourth-order valence-corrected chi connectivity index (χ4v) is 3.04. The third-order valence-electron chi connectivity index (χ3n) is 4.89. The smallest absolute Gasteiger partial charge is 0.0278 e. The zero-order chi connectivity index (χ0) is 12.5. The van der Waals surface area contributed by atoms with E-state index in [9.17, 15) is 0 Å². The molecule has 1 unspecified atom stereocenters. The third kappa shape index (κ3) is 3.23. The van der Waals surface area contributed by atoms with Gasteiger partial charge in [-0.3, -0.25) is 4.90 Å². The Hall–Kier alpha value is -0.0800. The van der Waals surface area contributed by atoms with Gasteiger partial charge in [0.05, 0.1) is 0 Å². The minimum absolute atomic E-state index is 0.341. The molecule has 1 aliphatic heterocycles. The van der Waals surface area contributed by atoms with Gasteiger partial charge in [-0.2, -0.15) is 0 Å². The molecule has 0 radical (unpaired) electrons. The summed E-state index contributed by atoms with van der Waals surface area (Å²) in [5, 5.41) is 3.77. The van der Waals surface area contributed by atoms with Crippen molar-refractivity contribution < 1.29 is 0 Å². The van der Waals surface area contributed by atoms with Gasteiger partial charge in [-0.05, 0) is 38.5 Å². The molecule has 2 fully saturated rings. The largest absolute Gasteiger partial charge is 0.311 e. The third-order valence-corrected chi connectivity index (χ3v) is 4.89. The molecule has 100 valence electrons. The lowest BCUT2D eigenvalue weighted by molar-refractivity contribution is 0.0445. The van der Waals surface area contributed by atoms with Crippen molar-refractivity contribution in [3.63, 3.8) is 0 Å². The molecule has 2 nitrogen and oxygen atoms in total. The summed E-state index contributed by atoms with van der Waals surface area (Å²) in [6.45, 7) is 13.2. The van der Waals surface area contributed by atoms with Crippen molar-refractivity contribution in [2.75, 3.05) is 19.6 Å². The molecule has 2 aliphatic rings. The van der Waals surface area contributed by atoms with E-state index in [-0.39, 0.29) is 0 Å². The maximum atomic E-state index is 3.77. The van der Waals surface area contributed by atoms with Crippen molar-refractivity contribution in [3.8, 4) is 0 Å². The molecule has 2 rings (SSSR count). The van der Waals surface area contributed by atoms with Gasteiger partial charge >= 0.3 is 0 Å². The molecule has 1 saturated carbocycles. The first-order valence-corrected chi connectivity index (χ1v) is 7.55. The monoisotopic (exact) mass is 238 g/mol. The van der Waals surface area contributed by atoms with Gasteiger partial charge in [0.1, 0.15) is 0 Å². The minimum atomic E-state index is 0.341. The molecule has 0 bridgehead atoms. The topological polar surface area (TPSA) is 15.3 Å². The Bertz CT molecular complexity index is 239. The minimum Gasteiger partial charge on any atom is -0.311 e. The summed E-state index contributed by atoms with van der Waals surface area (Å²) in [7, 11) is 0. The zero-order valence-electron chi connectivity index (χ0n) is 12.1. The Morgan fingerprint density at radius 2 is 1.88 bits per heavy atom. The SMILES string of the molecule is CCC(CC)CN1CC(C2CC2)NCC1(C)C. The summed E-state index contributed by atoms with van der Waals surface area (Å²) in [5.74, 6) is 1.86. The van der Waals surface area contributed by atoms with Crippen molar-refractivity contribution in [3.05, 3.63) is 0 Å². The van der Waals surface area contributed by atoms with Crippen LogP contribution < -0.4 is 5.32 Å². The summed E-state index contributed by atoms with van der Waals surface area (Å²) in [4.78, 5) is 2.75. The Labute approximate surface area is 107 Å². The average Bonchev–Trinajstić information content (AvgIpc) is 3.11. The summed E-state index contributed by atoms with van der Waals surface area (Å²) in [6.07, 6.45) is 5.56. The Morgan fingerprint density at radius 3 is 2.41 bits per heavy atom. The molecule has 1 aliphatic carbocycles. The van der Waals surface area contributed by atoms with Crippen LogP contribution in [0.4, 0.5) is 0 Å². The lowest BCUT2D eigenvalue weighted by Crippen LogP contribution is -2.63. The normalized spacial score (nSPS) is 29.8. The van der Waals surface area contributed by atoms with E-state index in [1.807, 2.05) is 0 Å². The lowest BCUT2D eigenvalue weighted by atomic mass is 9.92. The van der Waals surface area contributed by atoms with E-state index in [1.165, 1.54) is 38.8 Å². The van der Waals surface area contributed by atoms with Gasteiger partial charge in [-0.25, -0.2) is 0 Å². The van der Waals surface area contributed by atoms with Crippen LogP contribution in [-0.2, 0) is 0 Å². The van der Waals surface area contributed by atoms with Gasteiger partial charge in [0.25, 0.3) is 0 Å². The van der Waals surface area contributed by atoms with Gasteiger partial charge in [0.2, 0.25) is 0 Å². The van der Waals surface area contributed by atoms with Crippen LogP contribution in [0, 0.1) is 11.8 Å². The van der Waals surface area contributed by atoms with Gasteiger partial charge in [-0.1, -0.05) is 26.7 Å². The number of hydrogen-bond donors (Lipinski definition) is 1. The molecule has 0 spiro atoms. The maximum absolute atomic E-state index is 3.77. The second-order valence-electron chi connectivity index (χ2n) is 6.72. The van der Waals surface area contributed by atoms with Crippen LogP contribution in [-0.4, -0.2) is 36.1 Å². The van der Waals surface area contributed by atoms with Gasteiger partial charge in [0, 0.05) is 31.2 Å². The van der Waals surface area contributed by atoms with Crippen LogP contribution in [0.15, 0.2) is 0 Å². The van der Waals surface area contributed by atoms with E-state index in [0.29, 0.717) is 5.54 Å².